The van der Waals surface area contributed by atoms with Crippen molar-refractivity contribution in [1.82, 2.24) is 20.2 Å². The van der Waals surface area contributed by atoms with Crippen LogP contribution in [0, 0.1) is 3.57 Å². The van der Waals surface area contributed by atoms with E-state index in [-0.39, 0.29) is 0 Å². The molecule has 0 spiro atoms. The minimum atomic E-state index is 0.492. The van der Waals surface area contributed by atoms with Gasteiger partial charge in [-0.15, -0.1) is 5.10 Å². The van der Waals surface area contributed by atoms with E-state index in [4.69, 9.17) is 11.6 Å². The van der Waals surface area contributed by atoms with Gasteiger partial charge in [-0.25, -0.2) is 0 Å². The number of nitrogens with zero attached hydrogens (tertiary/aromatic N) is 4. The zero-order valence-electron chi connectivity index (χ0n) is 9.68. The predicted octanol–water partition coefficient (Wildman–Crippen LogP) is 3.58. The third-order valence-electron chi connectivity index (χ3n) is 3.35. The summed E-state index contributed by atoms with van der Waals surface area (Å²) in [4.78, 5) is 0. The number of hydrogen-bond acceptors (Lipinski definition) is 3. The average molecular weight is 375 g/mol. The third-order valence-corrected chi connectivity index (χ3v) is 4.45. The van der Waals surface area contributed by atoms with Gasteiger partial charge in [-0.05, 0) is 64.1 Å². The first kappa shape index (κ1) is 12.3. The van der Waals surface area contributed by atoms with Gasteiger partial charge in [-0.2, -0.15) is 4.68 Å². The molecule has 0 amide bonds. The van der Waals surface area contributed by atoms with Crippen molar-refractivity contribution in [2.45, 2.75) is 31.6 Å². The fourth-order valence-corrected chi connectivity index (χ4v) is 3.56. The van der Waals surface area contributed by atoms with E-state index in [0.29, 0.717) is 5.92 Å². The van der Waals surface area contributed by atoms with Gasteiger partial charge in [0.15, 0.2) is 5.82 Å². The summed E-state index contributed by atoms with van der Waals surface area (Å²) in [5.74, 6) is 1.47. The molecule has 0 unspecified atom stereocenters. The van der Waals surface area contributed by atoms with Crippen LogP contribution in [0.3, 0.4) is 0 Å². The van der Waals surface area contributed by atoms with Crippen molar-refractivity contribution in [2.24, 2.45) is 0 Å². The molecular weight excluding hydrogens is 363 g/mol. The highest BCUT2D eigenvalue weighted by molar-refractivity contribution is 14.1. The number of halogens is 2. The van der Waals surface area contributed by atoms with E-state index < -0.39 is 0 Å². The van der Waals surface area contributed by atoms with Crippen LogP contribution >= 0.6 is 34.2 Å². The van der Waals surface area contributed by atoms with E-state index in [0.717, 1.165) is 20.1 Å². The molecular formula is C12H12ClIN4. The standard InChI is InChI=1S/C12H12ClIN4/c13-9-5-6-11(10(14)7-9)18-12(15-16-17-18)8-3-1-2-4-8/h5-8H,1-4H2. The third kappa shape index (κ3) is 2.25. The molecule has 0 aliphatic heterocycles. The number of aromatic nitrogens is 4. The lowest BCUT2D eigenvalue weighted by Crippen LogP contribution is -2.08. The first-order valence-corrected chi connectivity index (χ1v) is 7.45. The summed E-state index contributed by atoms with van der Waals surface area (Å²) in [5, 5.41) is 12.9. The van der Waals surface area contributed by atoms with E-state index in [1.807, 2.05) is 22.9 Å². The number of hydrogen-bond donors (Lipinski definition) is 0. The van der Waals surface area contributed by atoms with E-state index in [9.17, 15) is 0 Å². The second kappa shape index (κ2) is 5.13. The molecule has 18 heavy (non-hydrogen) atoms. The minimum Gasteiger partial charge on any atom is -0.196 e. The quantitative estimate of drug-likeness (QED) is 0.755. The fraction of sp³-hybridized carbons (Fsp3) is 0.417. The molecule has 1 saturated carbocycles. The molecule has 1 fully saturated rings. The van der Waals surface area contributed by atoms with Crippen molar-refractivity contribution in [3.05, 3.63) is 32.6 Å². The maximum Gasteiger partial charge on any atom is 0.159 e. The fourth-order valence-electron chi connectivity index (χ4n) is 2.46. The van der Waals surface area contributed by atoms with Gasteiger partial charge >= 0.3 is 0 Å². The summed E-state index contributed by atoms with van der Waals surface area (Å²) in [6.07, 6.45) is 4.92. The van der Waals surface area contributed by atoms with Crippen molar-refractivity contribution >= 4 is 34.2 Å². The first-order chi connectivity index (χ1) is 8.75. The zero-order chi connectivity index (χ0) is 12.5. The average Bonchev–Trinajstić information content (AvgIpc) is 2.98. The Balaban J connectivity index is 2.03. The van der Waals surface area contributed by atoms with E-state index in [1.165, 1.54) is 25.7 Å². The van der Waals surface area contributed by atoms with Gasteiger partial charge < -0.3 is 0 Å². The molecule has 0 saturated heterocycles. The molecule has 0 bridgehead atoms. The Morgan fingerprint density at radius 2 is 2.06 bits per heavy atom. The van der Waals surface area contributed by atoms with Gasteiger partial charge in [0.2, 0.25) is 0 Å². The molecule has 1 heterocycles. The molecule has 0 radical (unpaired) electrons. The maximum absolute atomic E-state index is 5.98. The van der Waals surface area contributed by atoms with Gasteiger partial charge in [0.25, 0.3) is 0 Å². The van der Waals surface area contributed by atoms with E-state index in [2.05, 4.69) is 38.1 Å². The van der Waals surface area contributed by atoms with E-state index in [1.54, 1.807) is 0 Å². The smallest absolute Gasteiger partial charge is 0.159 e. The van der Waals surface area contributed by atoms with Crippen molar-refractivity contribution < 1.29 is 0 Å². The molecule has 2 aromatic rings. The number of tetrazole rings is 1. The molecule has 94 valence electrons. The minimum absolute atomic E-state index is 0.492. The summed E-state index contributed by atoms with van der Waals surface area (Å²) in [6.45, 7) is 0. The van der Waals surface area contributed by atoms with Crippen LogP contribution in [0.2, 0.25) is 5.02 Å². The van der Waals surface area contributed by atoms with Gasteiger partial charge in [-0.3, -0.25) is 0 Å². The Labute approximate surface area is 124 Å². The summed E-state index contributed by atoms with van der Waals surface area (Å²) >= 11 is 8.25. The van der Waals surface area contributed by atoms with Crippen molar-refractivity contribution in [3.8, 4) is 5.69 Å². The Kier molecular flexibility index (Phi) is 3.52. The molecule has 6 heteroatoms. The van der Waals surface area contributed by atoms with Gasteiger partial charge in [0.1, 0.15) is 0 Å². The monoisotopic (exact) mass is 374 g/mol. The van der Waals surface area contributed by atoms with Crippen LogP contribution in [-0.4, -0.2) is 20.2 Å². The number of benzene rings is 1. The van der Waals surface area contributed by atoms with Crippen molar-refractivity contribution in [1.29, 1.82) is 0 Å². The molecule has 1 aliphatic carbocycles. The second-order valence-corrected chi connectivity index (χ2v) is 6.12. The molecule has 0 atom stereocenters. The summed E-state index contributed by atoms with van der Waals surface area (Å²) in [6, 6.07) is 5.77. The molecule has 1 aromatic heterocycles. The largest absolute Gasteiger partial charge is 0.196 e. The lowest BCUT2D eigenvalue weighted by atomic mass is 10.1. The Bertz CT molecular complexity index is 563. The van der Waals surface area contributed by atoms with E-state index >= 15 is 0 Å². The second-order valence-electron chi connectivity index (χ2n) is 4.53. The van der Waals surface area contributed by atoms with Crippen LogP contribution in [0.4, 0.5) is 0 Å². The van der Waals surface area contributed by atoms with Crippen molar-refractivity contribution in [3.63, 3.8) is 0 Å². The molecule has 1 aliphatic rings. The summed E-state index contributed by atoms with van der Waals surface area (Å²) in [7, 11) is 0. The van der Waals surface area contributed by atoms with Gasteiger partial charge in [0, 0.05) is 14.5 Å². The normalized spacial score (nSPS) is 16.3. The molecule has 1 aromatic carbocycles. The van der Waals surface area contributed by atoms with Crippen LogP contribution in [0.15, 0.2) is 18.2 Å². The molecule has 3 rings (SSSR count). The van der Waals surface area contributed by atoms with Crippen molar-refractivity contribution in [2.75, 3.05) is 0 Å². The van der Waals surface area contributed by atoms with Crippen LogP contribution in [-0.2, 0) is 0 Å². The highest BCUT2D eigenvalue weighted by Gasteiger charge is 2.24. The highest BCUT2D eigenvalue weighted by atomic mass is 127. The maximum atomic E-state index is 5.98. The SMILES string of the molecule is Clc1ccc(-n2nnnc2C2CCCC2)c(I)c1. The summed E-state index contributed by atoms with van der Waals surface area (Å²) in [5.41, 5.74) is 1.01. The van der Waals surface area contributed by atoms with Crippen LogP contribution < -0.4 is 0 Å². The lowest BCUT2D eigenvalue weighted by molar-refractivity contribution is 0.635. The number of rotatable bonds is 2. The topological polar surface area (TPSA) is 43.6 Å². The van der Waals surface area contributed by atoms with Gasteiger partial charge in [0.05, 0.1) is 5.69 Å². The summed E-state index contributed by atoms with van der Waals surface area (Å²) < 4.78 is 2.92. The first-order valence-electron chi connectivity index (χ1n) is 5.99. The Morgan fingerprint density at radius 1 is 1.28 bits per heavy atom. The Morgan fingerprint density at radius 3 is 2.78 bits per heavy atom. The van der Waals surface area contributed by atoms with Crippen LogP contribution in [0.25, 0.3) is 5.69 Å². The molecule has 4 nitrogen and oxygen atoms in total. The zero-order valence-corrected chi connectivity index (χ0v) is 12.6. The Hall–Kier alpha value is -0.690. The van der Waals surface area contributed by atoms with Gasteiger partial charge in [-0.1, -0.05) is 24.4 Å². The van der Waals surface area contributed by atoms with Crippen LogP contribution in [0.5, 0.6) is 0 Å². The lowest BCUT2D eigenvalue weighted by Gasteiger charge is -2.11. The predicted molar refractivity (Wildman–Crippen MR) is 78.1 cm³/mol. The highest BCUT2D eigenvalue weighted by Crippen LogP contribution is 2.34. The van der Waals surface area contributed by atoms with Crippen LogP contribution in [0.1, 0.15) is 37.4 Å². The molecule has 0 N–H and O–H groups in total.